The van der Waals surface area contributed by atoms with Gasteiger partial charge < -0.3 is 25.1 Å². The van der Waals surface area contributed by atoms with E-state index in [0.29, 0.717) is 23.8 Å². The van der Waals surface area contributed by atoms with Crippen LogP contribution in [-0.2, 0) is 36.0 Å². The second-order valence-corrected chi connectivity index (χ2v) is 13.1. The number of imidazole rings is 1. The fourth-order valence-corrected chi connectivity index (χ4v) is 7.27. The van der Waals surface area contributed by atoms with Gasteiger partial charge in [0, 0.05) is 18.3 Å². The molecule has 3 aromatic rings. The number of H-pyrrole nitrogens is 1. The summed E-state index contributed by atoms with van der Waals surface area (Å²) in [7, 11) is -3.85. The van der Waals surface area contributed by atoms with Crippen molar-refractivity contribution in [3.05, 3.63) is 78.3 Å². The van der Waals surface area contributed by atoms with Crippen molar-refractivity contribution >= 4 is 19.6 Å². The second-order valence-electron chi connectivity index (χ2n) is 11.4. The summed E-state index contributed by atoms with van der Waals surface area (Å²) in [4.78, 5) is 35.0. The Kier molecular flexibility index (Phi) is 13.4. The molecule has 2 heterocycles. The van der Waals surface area contributed by atoms with Gasteiger partial charge in [-0.05, 0) is 50.3 Å². The minimum Gasteiger partial charge on any atom is -0.467 e. The number of benzene rings is 1. The molecule has 0 saturated heterocycles. The Morgan fingerprint density at radius 1 is 1.00 bits per heavy atom. The lowest BCUT2D eigenvalue weighted by Crippen LogP contribution is -2.56. The molecule has 0 radical (unpaired) electrons. The molecule has 0 unspecified atom stereocenters. The lowest BCUT2D eigenvalue weighted by atomic mass is 9.83. The molecule has 4 rings (SSSR count). The summed E-state index contributed by atoms with van der Waals surface area (Å²) in [5, 5.41) is 20.0. The molecule has 45 heavy (non-hydrogen) atoms. The van der Waals surface area contributed by atoms with Crippen LogP contribution in [-0.4, -0.2) is 58.2 Å². The molecule has 246 valence electrons. The third-order valence-corrected chi connectivity index (χ3v) is 9.80. The van der Waals surface area contributed by atoms with Gasteiger partial charge in [0.05, 0.1) is 31.8 Å². The van der Waals surface area contributed by atoms with Gasteiger partial charge in [0.2, 0.25) is 11.8 Å². The molecule has 0 aliphatic heterocycles. The van der Waals surface area contributed by atoms with Gasteiger partial charge in [-0.2, -0.15) is 0 Å². The van der Waals surface area contributed by atoms with Crippen molar-refractivity contribution in [2.24, 2.45) is 5.92 Å². The van der Waals surface area contributed by atoms with E-state index >= 15 is 0 Å². The standard InChI is InChI=1S/C32H46N5O7P/c1-3-43-45(41,44-4-2)37-28(19-24-14-9-6-10-15-24)32(40)36-27(20-25-21-33-22-34-25)31(39)35-26(18-23-12-7-5-8-13-23)30(38)29-16-11-17-42-29/h6,9-11,14-17,21-23,26-28,30,38H,3-5,7-8,12-13,18-20H2,1-2H3,(H,33,34)(H,35,39)(H,36,40)(H,37,41)/t26-,27+,28+,30+/m1/s1. The van der Waals surface area contributed by atoms with E-state index in [9.17, 15) is 19.3 Å². The second kappa shape index (κ2) is 17.4. The van der Waals surface area contributed by atoms with Crippen molar-refractivity contribution in [2.45, 2.75) is 89.4 Å². The zero-order chi connectivity index (χ0) is 32.1. The van der Waals surface area contributed by atoms with Crippen molar-refractivity contribution in [2.75, 3.05) is 13.2 Å². The Balaban J connectivity index is 1.57. The number of furan rings is 1. The van der Waals surface area contributed by atoms with Crippen molar-refractivity contribution < 1.29 is 32.7 Å². The van der Waals surface area contributed by atoms with Gasteiger partial charge in [-0.1, -0.05) is 62.4 Å². The molecule has 2 amide bonds. The van der Waals surface area contributed by atoms with E-state index < -0.39 is 43.8 Å². The maximum absolute atomic E-state index is 14.0. The number of nitrogens with zero attached hydrogens (tertiary/aromatic N) is 1. The number of aliphatic hydroxyl groups is 1. The lowest BCUT2D eigenvalue weighted by Gasteiger charge is -2.31. The number of aromatic nitrogens is 2. The smallest absolute Gasteiger partial charge is 0.406 e. The molecule has 1 aliphatic carbocycles. The molecule has 1 aromatic carbocycles. The molecule has 2 aromatic heterocycles. The average molecular weight is 644 g/mol. The molecular weight excluding hydrogens is 597 g/mol. The SMILES string of the molecule is CCOP(=O)(N[C@@H](Cc1ccccc1)C(=O)N[C@@H](Cc1cnc[nH]1)C(=O)N[C@H](CC1CCCCC1)[C@H](O)c1ccco1)OCC. The Labute approximate surface area is 264 Å². The molecule has 5 N–H and O–H groups in total. The van der Waals surface area contributed by atoms with Crippen LogP contribution in [0.15, 0.2) is 65.7 Å². The number of hydrogen-bond donors (Lipinski definition) is 5. The summed E-state index contributed by atoms with van der Waals surface area (Å²) in [6.07, 6.45) is 9.82. The molecule has 0 bridgehead atoms. The third-order valence-electron chi connectivity index (χ3n) is 7.98. The van der Waals surface area contributed by atoms with Crippen molar-refractivity contribution in [3.8, 4) is 0 Å². The molecule has 0 spiro atoms. The number of aromatic amines is 1. The molecular formula is C32H46N5O7P. The summed E-state index contributed by atoms with van der Waals surface area (Å²) in [6, 6.07) is 9.91. The van der Waals surface area contributed by atoms with Crippen LogP contribution in [0.3, 0.4) is 0 Å². The minimum absolute atomic E-state index is 0.106. The van der Waals surface area contributed by atoms with E-state index in [1.165, 1.54) is 19.0 Å². The number of amides is 2. The summed E-state index contributed by atoms with van der Waals surface area (Å²) in [5.41, 5.74) is 1.45. The molecule has 13 heteroatoms. The largest absolute Gasteiger partial charge is 0.467 e. The number of carbonyl (C=O) groups is 2. The highest BCUT2D eigenvalue weighted by molar-refractivity contribution is 7.51. The summed E-state index contributed by atoms with van der Waals surface area (Å²) >= 11 is 0. The highest BCUT2D eigenvalue weighted by Gasteiger charge is 2.35. The molecule has 1 aliphatic rings. The fourth-order valence-electron chi connectivity index (χ4n) is 5.78. The van der Waals surface area contributed by atoms with Gasteiger partial charge in [-0.25, -0.2) is 14.6 Å². The number of hydrogen-bond acceptors (Lipinski definition) is 8. The predicted octanol–water partition coefficient (Wildman–Crippen LogP) is 4.60. The Morgan fingerprint density at radius 2 is 1.71 bits per heavy atom. The van der Waals surface area contributed by atoms with Crippen LogP contribution in [0.1, 0.15) is 75.5 Å². The first kappa shape index (κ1) is 34.6. The summed E-state index contributed by atoms with van der Waals surface area (Å²) in [6.45, 7) is 3.58. The van der Waals surface area contributed by atoms with E-state index in [0.717, 1.165) is 31.2 Å². The average Bonchev–Trinajstić information content (AvgIpc) is 3.76. The fraction of sp³-hybridized carbons (Fsp3) is 0.531. The van der Waals surface area contributed by atoms with E-state index in [1.54, 1.807) is 32.2 Å². The van der Waals surface area contributed by atoms with E-state index in [-0.39, 0.29) is 26.1 Å². The predicted molar refractivity (Wildman–Crippen MR) is 169 cm³/mol. The van der Waals surface area contributed by atoms with Gasteiger partial charge >= 0.3 is 7.75 Å². The summed E-state index contributed by atoms with van der Waals surface area (Å²) < 4.78 is 29.8. The molecule has 1 fully saturated rings. The Hall–Kier alpha value is -3.28. The Morgan fingerprint density at radius 3 is 2.33 bits per heavy atom. The van der Waals surface area contributed by atoms with E-state index in [4.69, 9.17) is 13.5 Å². The van der Waals surface area contributed by atoms with Crippen molar-refractivity contribution in [1.82, 2.24) is 25.7 Å². The first-order valence-electron chi connectivity index (χ1n) is 15.8. The Bertz CT molecular complexity index is 1320. The van der Waals surface area contributed by atoms with E-state index in [2.05, 4.69) is 25.7 Å². The van der Waals surface area contributed by atoms with Gasteiger partial charge in [0.15, 0.2) is 0 Å². The van der Waals surface area contributed by atoms with Crippen LogP contribution in [0, 0.1) is 5.92 Å². The highest BCUT2D eigenvalue weighted by Crippen LogP contribution is 2.44. The third kappa shape index (κ3) is 10.6. The van der Waals surface area contributed by atoms with Gasteiger partial charge in [0.25, 0.3) is 0 Å². The highest BCUT2D eigenvalue weighted by atomic mass is 31.2. The molecule has 12 nitrogen and oxygen atoms in total. The quantitative estimate of drug-likeness (QED) is 0.124. The zero-order valence-corrected chi connectivity index (χ0v) is 26.9. The molecule has 1 saturated carbocycles. The van der Waals surface area contributed by atoms with Crippen molar-refractivity contribution in [1.29, 1.82) is 0 Å². The normalized spacial score (nSPS) is 16.9. The first-order valence-corrected chi connectivity index (χ1v) is 17.3. The van der Waals surface area contributed by atoms with Crippen LogP contribution in [0.2, 0.25) is 0 Å². The number of carbonyl (C=O) groups excluding carboxylic acids is 2. The van der Waals surface area contributed by atoms with Crippen LogP contribution in [0.5, 0.6) is 0 Å². The monoisotopic (exact) mass is 643 g/mol. The topological polar surface area (TPSA) is 168 Å². The molecule has 4 atom stereocenters. The van der Waals surface area contributed by atoms with Crippen LogP contribution in [0.25, 0.3) is 0 Å². The maximum atomic E-state index is 14.0. The van der Waals surface area contributed by atoms with E-state index in [1.807, 2.05) is 30.3 Å². The van der Waals surface area contributed by atoms with Crippen LogP contribution < -0.4 is 15.7 Å². The number of rotatable bonds is 18. The van der Waals surface area contributed by atoms with Crippen LogP contribution >= 0.6 is 7.75 Å². The van der Waals surface area contributed by atoms with Gasteiger partial charge in [-0.15, -0.1) is 0 Å². The van der Waals surface area contributed by atoms with Crippen LogP contribution in [0.4, 0.5) is 0 Å². The first-order chi connectivity index (χ1) is 21.8. The lowest BCUT2D eigenvalue weighted by molar-refractivity contribution is -0.131. The number of aliphatic hydroxyl groups excluding tert-OH is 1. The minimum atomic E-state index is -3.85. The van der Waals surface area contributed by atoms with Gasteiger partial charge in [-0.3, -0.25) is 18.6 Å². The number of nitrogens with one attached hydrogen (secondary N) is 4. The van der Waals surface area contributed by atoms with Crippen molar-refractivity contribution in [3.63, 3.8) is 0 Å². The zero-order valence-electron chi connectivity index (χ0n) is 26.0. The maximum Gasteiger partial charge on any atom is 0.406 e. The van der Waals surface area contributed by atoms with Gasteiger partial charge in [0.1, 0.15) is 23.9 Å². The summed E-state index contributed by atoms with van der Waals surface area (Å²) in [5.74, 6) is -0.325.